The second-order valence-corrected chi connectivity index (χ2v) is 7.33. The number of benzene rings is 2. The minimum atomic E-state index is -0.779. The summed E-state index contributed by atoms with van der Waals surface area (Å²) in [5.74, 6) is -0.390. The summed E-state index contributed by atoms with van der Waals surface area (Å²) in [6.45, 7) is 3.50. The van der Waals surface area contributed by atoms with E-state index in [1.807, 2.05) is 36.1 Å². The predicted octanol–water partition coefficient (Wildman–Crippen LogP) is 3.91. The maximum absolute atomic E-state index is 12.6. The van der Waals surface area contributed by atoms with Crippen molar-refractivity contribution in [2.45, 2.75) is 32.2 Å². The molecule has 1 atom stereocenters. The van der Waals surface area contributed by atoms with E-state index in [0.29, 0.717) is 16.3 Å². The van der Waals surface area contributed by atoms with E-state index in [2.05, 4.69) is 5.32 Å². The van der Waals surface area contributed by atoms with Gasteiger partial charge in [0.25, 0.3) is 5.91 Å². The highest BCUT2D eigenvalue weighted by Gasteiger charge is 2.21. The summed E-state index contributed by atoms with van der Waals surface area (Å²) in [6.07, 6.45) is 3.20. The number of hydrogen-bond acceptors (Lipinski definition) is 3. The number of nitrogens with two attached hydrogens (primary N) is 1. The van der Waals surface area contributed by atoms with Gasteiger partial charge in [-0.05, 0) is 49.9 Å². The summed E-state index contributed by atoms with van der Waals surface area (Å²) < 4.78 is 0. The van der Waals surface area contributed by atoms with Crippen LogP contribution in [0.1, 0.15) is 46.8 Å². The standard InChI is InChI=1S/C21H24ClN3O2/c1-14-5-7-15(8-6-14)19(23)20(26)24-16-9-10-17(18(22)13-16)21(27)25-11-3-2-4-12-25/h5-10,13,19H,2-4,11-12,23H2,1H3,(H,24,26). The molecule has 0 saturated carbocycles. The number of nitrogens with zero attached hydrogens (tertiary/aromatic N) is 1. The van der Waals surface area contributed by atoms with E-state index in [1.165, 1.54) is 0 Å². The first-order valence-electron chi connectivity index (χ1n) is 9.17. The number of aryl methyl sites for hydroxylation is 1. The first-order chi connectivity index (χ1) is 13.0. The van der Waals surface area contributed by atoms with E-state index in [9.17, 15) is 9.59 Å². The fraction of sp³-hybridized carbons (Fsp3) is 0.333. The molecule has 5 nitrogen and oxygen atoms in total. The number of halogens is 1. The number of carbonyl (C=O) groups excluding carboxylic acids is 2. The predicted molar refractivity (Wildman–Crippen MR) is 108 cm³/mol. The van der Waals surface area contributed by atoms with Gasteiger partial charge in [0.15, 0.2) is 0 Å². The van der Waals surface area contributed by atoms with Gasteiger partial charge in [-0.15, -0.1) is 0 Å². The number of nitrogens with one attached hydrogen (secondary N) is 1. The van der Waals surface area contributed by atoms with Crippen LogP contribution in [-0.4, -0.2) is 29.8 Å². The first-order valence-corrected chi connectivity index (χ1v) is 9.55. The lowest BCUT2D eigenvalue weighted by molar-refractivity contribution is -0.117. The van der Waals surface area contributed by atoms with E-state index in [-0.39, 0.29) is 11.8 Å². The Hall–Kier alpha value is -2.37. The molecule has 1 saturated heterocycles. The molecule has 1 aliphatic heterocycles. The highest BCUT2D eigenvalue weighted by molar-refractivity contribution is 6.34. The number of anilines is 1. The quantitative estimate of drug-likeness (QED) is 0.837. The van der Waals surface area contributed by atoms with Gasteiger partial charge in [0.2, 0.25) is 5.91 Å². The molecule has 27 heavy (non-hydrogen) atoms. The fourth-order valence-corrected chi connectivity index (χ4v) is 3.44. The largest absolute Gasteiger partial charge is 0.339 e. The summed E-state index contributed by atoms with van der Waals surface area (Å²) in [7, 11) is 0. The van der Waals surface area contributed by atoms with Crippen molar-refractivity contribution in [2.24, 2.45) is 5.73 Å². The average Bonchev–Trinajstić information content (AvgIpc) is 2.68. The van der Waals surface area contributed by atoms with Crippen molar-refractivity contribution < 1.29 is 9.59 Å². The Labute approximate surface area is 164 Å². The lowest BCUT2D eigenvalue weighted by Gasteiger charge is -2.27. The molecule has 2 aromatic carbocycles. The molecule has 2 amide bonds. The van der Waals surface area contributed by atoms with E-state index in [1.54, 1.807) is 18.2 Å². The van der Waals surface area contributed by atoms with Crippen LogP contribution in [0, 0.1) is 6.92 Å². The molecule has 2 aromatic rings. The average molecular weight is 386 g/mol. The van der Waals surface area contributed by atoms with Gasteiger partial charge in [0, 0.05) is 18.8 Å². The molecule has 6 heteroatoms. The summed E-state index contributed by atoms with van der Waals surface area (Å²) >= 11 is 6.31. The minimum Gasteiger partial charge on any atom is -0.339 e. The van der Waals surface area contributed by atoms with Gasteiger partial charge in [-0.1, -0.05) is 41.4 Å². The third-order valence-corrected chi connectivity index (χ3v) is 5.14. The van der Waals surface area contributed by atoms with Crippen LogP contribution in [-0.2, 0) is 4.79 Å². The summed E-state index contributed by atoms with van der Waals surface area (Å²) in [4.78, 5) is 26.9. The second-order valence-electron chi connectivity index (χ2n) is 6.93. The Morgan fingerprint density at radius 1 is 1.07 bits per heavy atom. The van der Waals surface area contributed by atoms with Crippen LogP contribution in [0.3, 0.4) is 0 Å². The Balaban J connectivity index is 1.68. The highest BCUT2D eigenvalue weighted by atomic mass is 35.5. The summed E-state index contributed by atoms with van der Waals surface area (Å²) in [6, 6.07) is 11.7. The van der Waals surface area contributed by atoms with Gasteiger partial charge in [-0.3, -0.25) is 9.59 Å². The second kappa shape index (κ2) is 8.55. The van der Waals surface area contributed by atoms with Crippen molar-refractivity contribution in [2.75, 3.05) is 18.4 Å². The maximum Gasteiger partial charge on any atom is 0.255 e. The van der Waals surface area contributed by atoms with Gasteiger partial charge in [-0.2, -0.15) is 0 Å². The van der Waals surface area contributed by atoms with Gasteiger partial charge in [0.05, 0.1) is 10.6 Å². The van der Waals surface area contributed by atoms with Crippen molar-refractivity contribution in [3.8, 4) is 0 Å². The third-order valence-electron chi connectivity index (χ3n) is 4.83. The third kappa shape index (κ3) is 4.67. The van der Waals surface area contributed by atoms with Crippen molar-refractivity contribution in [3.05, 3.63) is 64.2 Å². The molecule has 0 aromatic heterocycles. The Bertz CT molecular complexity index is 830. The van der Waals surface area contributed by atoms with E-state index in [4.69, 9.17) is 17.3 Å². The molecule has 1 aliphatic rings. The van der Waals surface area contributed by atoms with Crippen LogP contribution >= 0.6 is 11.6 Å². The number of hydrogen-bond donors (Lipinski definition) is 2. The molecule has 1 heterocycles. The molecule has 0 aliphatic carbocycles. The zero-order valence-electron chi connectivity index (χ0n) is 15.4. The molecular formula is C21H24ClN3O2. The molecule has 0 bridgehead atoms. The topological polar surface area (TPSA) is 75.4 Å². The number of carbonyl (C=O) groups is 2. The van der Waals surface area contributed by atoms with Gasteiger partial charge in [-0.25, -0.2) is 0 Å². The monoisotopic (exact) mass is 385 g/mol. The van der Waals surface area contributed by atoms with Crippen LogP contribution in [0.2, 0.25) is 5.02 Å². The van der Waals surface area contributed by atoms with E-state index < -0.39 is 6.04 Å². The van der Waals surface area contributed by atoms with Crippen molar-refractivity contribution in [1.29, 1.82) is 0 Å². The molecule has 3 N–H and O–H groups in total. The van der Waals surface area contributed by atoms with Crippen molar-refractivity contribution in [3.63, 3.8) is 0 Å². The highest BCUT2D eigenvalue weighted by Crippen LogP contribution is 2.24. The fourth-order valence-electron chi connectivity index (χ4n) is 3.18. The molecular weight excluding hydrogens is 362 g/mol. The molecule has 1 unspecified atom stereocenters. The maximum atomic E-state index is 12.6. The molecule has 3 rings (SSSR count). The number of likely N-dealkylation sites (tertiary alicyclic amines) is 1. The SMILES string of the molecule is Cc1ccc(C(N)C(=O)Nc2ccc(C(=O)N3CCCCC3)c(Cl)c2)cc1. The molecule has 0 radical (unpaired) electrons. The molecule has 0 spiro atoms. The van der Waals surface area contributed by atoms with Crippen LogP contribution in [0.4, 0.5) is 5.69 Å². The van der Waals surface area contributed by atoms with Crippen LogP contribution in [0.15, 0.2) is 42.5 Å². The van der Waals surface area contributed by atoms with E-state index in [0.717, 1.165) is 43.5 Å². The minimum absolute atomic E-state index is 0.0612. The lowest BCUT2D eigenvalue weighted by atomic mass is 10.1. The number of amides is 2. The van der Waals surface area contributed by atoms with Crippen molar-refractivity contribution >= 4 is 29.1 Å². The molecule has 1 fully saturated rings. The Kier molecular flexibility index (Phi) is 6.14. The number of rotatable bonds is 4. The Morgan fingerprint density at radius 3 is 2.37 bits per heavy atom. The summed E-state index contributed by atoms with van der Waals surface area (Å²) in [5, 5.41) is 3.09. The van der Waals surface area contributed by atoms with Crippen LogP contribution in [0.25, 0.3) is 0 Å². The number of piperidine rings is 1. The van der Waals surface area contributed by atoms with E-state index >= 15 is 0 Å². The van der Waals surface area contributed by atoms with Gasteiger partial charge in [0.1, 0.15) is 6.04 Å². The van der Waals surface area contributed by atoms with Crippen LogP contribution in [0.5, 0.6) is 0 Å². The zero-order chi connectivity index (χ0) is 19.4. The van der Waals surface area contributed by atoms with Gasteiger partial charge >= 0.3 is 0 Å². The van der Waals surface area contributed by atoms with Gasteiger partial charge < -0.3 is 16.0 Å². The molecule has 142 valence electrons. The Morgan fingerprint density at radius 2 is 1.74 bits per heavy atom. The first kappa shape index (κ1) is 19.4. The van der Waals surface area contributed by atoms with Crippen molar-refractivity contribution in [1.82, 2.24) is 4.90 Å². The smallest absolute Gasteiger partial charge is 0.255 e. The normalized spacial score (nSPS) is 15.3. The lowest BCUT2D eigenvalue weighted by Crippen LogP contribution is -2.35. The zero-order valence-corrected chi connectivity index (χ0v) is 16.1. The summed E-state index contributed by atoms with van der Waals surface area (Å²) in [5.41, 5.74) is 8.86. The van der Waals surface area contributed by atoms with Crippen LogP contribution < -0.4 is 11.1 Å².